The van der Waals surface area contributed by atoms with Gasteiger partial charge in [-0.3, -0.25) is 8.86 Å². The van der Waals surface area contributed by atoms with Crippen LogP contribution in [0, 0.1) is 0 Å². The molecule has 1 aliphatic rings. The maximum Gasteiger partial charge on any atom is 0.294 e. The number of fused-ring (bicyclic) bond motifs is 3. The Bertz CT molecular complexity index is 1140. The van der Waals surface area contributed by atoms with Gasteiger partial charge >= 0.3 is 0 Å². The van der Waals surface area contributed by atoms with E-state index in [0.29, 0.717) is 16.7 Å². The summed E-state index contributed by atoms with van der Waals surface area (Å²) in [6.45, 7) is 4.51. The van der Waals surface area contributed by atoms with Gasteiger partial charge in [0.2, 0.25) is 5.50 Å². The number of alkyl halides is 1. The van der Waals surface area contributed by atoms with Gasteiger partial charge in [0.1, 0.15) is 5.75 Å². The summed E-state index contributed by atoms with van der Waals surface area (Å²) in [5, 5.41) is 0.776. The number of rotatable bonds is 4. The van der Waals surface area contributed by atoms with Crippen molar-refractivity contribution in [1.29, 1.82) is 0 Å². The first-order valence-electron chi connectivity index (χ1n) is 8.09. The molecule has 0 fully saturated rings. The zero-order chi connectivity index (χ0) is 20.4. The molecule has 0 saturated carbocycles. The van der Waals surface area contributed by atoms with Crippen LogP contribution in [-0.4, -0.2) is 40.5 Å². The van der Waals surface area contributed by atoms with E-state index in [1.54, 1.807) is 19.9 Å². The van der Waals surface area contributed by atoms with Crippen molar-refractivity contribution in [3.05, 3.63) is 29.8 Å². The average molecular weight is 417 g/mol. The van der Waals surface area contributed by atoms with Crippen molar-refractivity contribution >= 4 is 36.6 Å². The number of hydrogen-bond donors (Lipinski definition) is 1. The van der Waals surface area contributed by atoms with E-state index in [-0.39, 0.29) is 22.5 Å². The first-order valence-corrected chi connectivity index (χ1v) is 11.0. The van der Waals surface area contributed by atoms with Crippen LogP contribution in [0.2, 0.25) is 0 Å². The van der Waals surface area contributed by atoms with Crippen LogP contribution in [0.5, 0.6) is 5.75 Å². The Kier molecular flexibility index (Phi) is 4.44. The third kappa shape index (κ3) is 3.05. The molecule has 0 amide bonds. The fraction of sp³-hybridized carbons (Fsp3) is 0.412. The largest absolute Gasteiger partial charge is 0.496 e. The van der Waals surface area contributed by atoms with Crippen molar-refractivity contribution < 1.29 is 30.5 Å². The highest BCUT2D eigenvalue weighted by molar-refractivity contribution is 7.93. The molecule has 2 aromatic carbocycles. The van der Waals surface area contributed by atoms with Gasteiger partial charge in [0.25, 0.3) is 20.1 Å². The summed E-state index contributed by atoms with van der Waals surface area (Å²) in [7, 11) is -7.38. The van der Waals surface area contributed by atoms with Gasteiger partial charge in [0.15, 0.2) is 0 Å². The van der Waals surface area contributed by atoms with Crippen LogP contribution in [0.4, 0.5) is 10.1 Å². The Morgan fingerprint density at radius 3 is 2.37 bits per heavy atom. The Morgan fingerprint density at radius 2 is 1.85 bits per heavy atom. The Hall–Kier alpha value is -1.91. The molecule has 7 nitrogen and oxygen atoms in total. The number of ether oxygens (including phenoxy) is 1. The van der Waals surface area contributed by atoms with Crippen LogP contribution >= 0.6 is 0 Å². The second-order valence-electron chi connectivity index (χ2n) is 7.14. The molecule has 1 unspecified atom stereocenters. The lowest BCUT2D eigenvalue weighted by molar-refractivity contribution is 0.399. The summed E-state index contributed by atoms with van der Waals surface area (Å²) in [5.41, 5.74) is -2.14. The highest BCUT2D eigenvalue weighted by Crippen LogP contribution is 2.51. The third-order valence-corrected chi connectivity index (χ3v) is 7.35. The highest BCUT2D eigenvalue weighted by atomic mass is 32.2. The zero-order valence-corrected chi connectivity index (χ0v) is 16.9. The third-order valence-electron chi connectivity index (χ3n) is 4.75. The molecule has 1 aliphatic heterocycles. The second-order valence-corrected chi connectivity index (χ2v) is 10.7. The SMILES string of the molecule is COc1cc2ccc(S(=O)(=O)O)cc2c2c1C(C)(C)CN2S(=O)(=O)C(C)F. The van der Waals surface area contributed by atoms with Crippen molar-refractivity contribution in [3.8, 4) is 5.75 Å². The van der Waals surface area contributed by atoms with E-state index < -0.39 is 31.1 Å². The molecule has 27 heavy (non-hydrogen) atoms. The quantitative estimate of drug-likeness (QED) is 0.768. The number of anilines is 1. The summed E-state index contributed by atoms with van der Waals surface area (Å²) in [4.78, 5) is -0.377. The molecule has 0 radical (unpaired) electrons. The first-order chi connectivity index (χ1) is 12.3. The van der Waals surface area contributed by atoms with Crippen LogP contribution < -0.4 is 9.04 Å². The molecule has 10 heteroatoms. The van der Waals surface area contributed by atoms with Gasteiger partial charge < -0.3 is 4.74 Å². The molecule has 1 N–H and O–H groups in total. The number of benzene rings is 2. The molecule has 0 spiro atoms. The van der Waals surface area contributed by atoms with Gasteiger partial charge in [-0.25, -0.2) is 12.8 Å². The molecule has 148 valence electrons. The molecule has 0 bridgehead atoms. The van der Waals surface area contributed by atoms with Crippen LogP contribution in [0.15, 0.2) is 29.2 Å². The fourth-order valence-corrected chi connectivity index (χ4v) is 5.28. The Balaban J connectivity index is 2.49. The van der Waals surface area contributed by atoms with E-state index in [4.69, 9.17) is 4.74 Å². The van der Waals surface area contributed by atoms with E-state index >= 15 is 0 Å². The predicted molar refractivity (Wildman–Crippen MR) is 100 cm³/mol. The van der Waals surface area contributed by atoms with Gasteiger partial charge in [0, 0.05) is 22.9 Å². The smallest absolute Gasteiger partial charge is 0.294 e. The molecule has 3 rings (SSSR count). The number of sulfonamides is 1. The molecular formula is C17H20FNO6S2. The minimum atomic E-state index is -4.50. The lowest BCUT2D eigenvalue weighted by atomic mass is 9.85. The van der Waals surface area contributed by atoms with Gasteiger partial charge in [-0.05, 0) is 30.5 Å². The van der Waals surface area contributed by atoms with Gasteiger partial charge in [-0.2, -0.15) is 8.42 Å². The van der Waals surface area contributed by atoms with E-state index in [1.165, 1.54) is 25.3 Å². The topological polar surface area (TPSA) is 101 Å². The van der Waals surface area contributed by atoms with Gasteiger partial charge in [0.05, 0.1) is 17.7 Å². The fourth-order valence-electron chi connectivity index (χ4n) is 3.48. The van der Waals surface area contributed by atoms with Gasteiger partial charge in [-0.1, -0.05) is 19.9 Å². The molecule has 0 aromatic heterocycles. The molecule has 1 heterocycles. The van der Waals surface area contributed by atoms with E-state index in [9.17, 15) is 25.8 Å². The van der Waals surface area contributed by atoms with E-state index in [0.717, 1.165) is 11.2 Å². The highest BCUT2D eigenvalue weighted by Gasteiger charge is 2.45. The van der Waals surface area contributed by atoms with Crippen LogP contribution in [0.1, 0.15) is 26.3 Å². The lowest BCUT2D eigenvalue weighted by Crippen LogP contribution is -2.37. The predicted octanol–water partition coefficient (Wildman–Crippen LogP) is 2.84. The standard InChI is InChI=1S/C17H20FNO6S2/c1-10(18)26(20,21)19-9-17(2,3)15-14(25-4)7-11-5-6-12(27(22,23)24)8-13(11)16(15)19/h5-8,10H,9H2,1-4H3,(H,22,23,24). The maximum absolute atomic E-state index is 13.9. The molecular weight excluding hydrogens is 397 g/mol. The van der Waals surface area contributed by atoms with Crippen LogP contribution in [0.25, 0.3) is 10.8 Å². The van der Waals surface area contributed by atoms with Crippen molar-refractivity contribution in [3.63, 3.8) is 0 Å². The molecule has 1 atom stereocenters. The lowest BCUT2D eigenvalue weighted by Gasteiger charge is -2.23. The second kappa shape index (κ2) is 6.05. The summed E-state index contributed by atoms with van der Waals surface area (Å²) >= 11 is 0. The van der Waals surface area contributed by atoms with Crippen molar-refractivity contribution in [2.75, 3.05) is 18.0 Å². The summed E-state index contributed by atoms with van der Waals surface area (Å²) < 4.78 is 78.1. The van der Waals surface area contributed by atoms with Crippen molar-refractivity contribution in [2.24, 2.45) is 0 Å². The van der Waals surface area contributed by atoms with E-state index in [2.05, 4.69) is 0 Å². The Labute approximate surface area is 157 Å². The molecule has 0 saturated heterocycles. The number of halogens is 1. The monoisotopic (exact) mass is 417 g/mol. The van der Waals surface area contributed by atoms with E-state index in [1.807, 2.05) is 0 Å². The number of methoxy groups -OCH3 is 1. The summed E-state index contributed by atoms with van der Waals surface area (Å²) in [6.07, 6.45) is 0. The van der Waals surface area contributed by atoms with Crippen LogP contribution in [-0.2, 0) is 25.6 Å². The number of hydrogen-bond acceptors (Lipinski definition) is 5. The maximum atomic E-state index is 13.9. The van der Waals surface area contributed by atoms with Crippen LogP contribution in [0.3, 0.4) is 0 Å². The van der Waals surface area contributed by atoms with Crippen molar-refractivity contribution in [1.82, 2.24) is 0 Å². The number of nitrogens with zero attached hydrogens (tertiary/aromatic N) is 1. The molecule has 2 aromatic rings. The summed E-state index contributed by atoms with van der Waals surface area (Å²) in [6, 6.07) is 5.50. The average Bonchev–Trinajstić information content (AvgIpc) is 2.85. The Morgan fingerprint density at radius 1 is 1.22 bits per heavy atom. The minimum Gasteiger partial charge on any atom is -0.496 e. The summed E-state index contributed by atoms with van der Waals surface area (Å²) in [5.74, 6) is 0.423. The van der Waals surface area contributed by atoms with Gasteiger partial charge in [-0.15, -0.1) is 0 Å². The minimum absolute atomic E-state index is 0.0233. The normalized spacial score (nSPS) is 17.8. The zero-order valence-electron chi connectivity index (χ0n) is 15.2. The first kappa shape index (κ1) is 19.8. The van der Waals surface area contributed by atoms with Crippen molar-refractivity contribution in [2.45, 2.75) is 36.6 Å². The molecule has 0 aliphatic carbocycles.